The fourth-order valence-corrected chi connectivity index (χ4v) is 4.53. The van der Waals surface area contributed by atoms with Crippen molar-refractivity contribution in [2.24, 2.45) is 12.0 Å². The van der Waals surface area contributed by atoms with Crippen LogP contribution in [0, 0.1) is 0 Å². The zero-order valence-electron chi connectivity index (χ0n) is 14.0. The van der Waals surface area contributed by atoms with Crippen LogP contribution in [-0.4, -0.2) is 69.0 Å². The number of hydrogen-bond acceptors (Lipinski definition) is 4. The molecule has 2 aliphatic heterocycles. The Hall–Kier alpha value is -1.21. The Morgan fingerprint density at radius 1 is 1.61 bits per heavy atom. The second-order valence-corrected chi connectivity index (χ2v) is 7.68. The van der Waals surface area contributed by atoms with Gasteiger partial charge in [0.1, 0.15) is 0 Å². The van der Waals surface area contributed by atoms with Gasteiger partial charge >= 0.3 is 0 Å². The highest BCUT2D eigenvalue weighted by atomic mass is 32.2. The summed E-state index contributed by atoms with van der Waals surface area (Å²) < 4.78 is 1.87. The second kappa shape index (κ2) is 7.13. The maximum atomic E-state index is 10.5. The van der Waals surface area contributed by atoms with Gasteiger partial charge in [-0.2, -0.15) is 16.9 Å². The van der Waals surface area contributed by atoms with Crippen molar-refractivity contribution in [3.05, 3.63) is 18.0 Å². The van der Waals surface area contributed by atoms with E-state index < -0.39 is 5.60 Å². The van der Waals surface area contributed by atoms with Gasteiger partial charge in [-0.25, -0.2) is 0 Å². The number of nitrogens with one attached hydrogen (secondary N) is 1. The standard InChI is InChI=1S/C16H27N5OS/c1-3-17-15(18-11-16(22)5-7-23-12-16)21-6-4-13(10-21)14-8-19-20(2)9-14/h8-9,13,22H,3-7,10-12H2,1-2H3,(H,17,18). The summed E-state index contributed by atoms with van der Waals surface area (Å²) in [4.78, 5) is 7.04. The van der Waals surface area contributed by atoms with Crippen LogP contribution in [0.4, 0.5) is 0 Å². The van der Waals surface area contributed by atoms with E-state index in [1.807, 2.05) is 29.7 Å². The van der Waals surface area contributed by atoms with Crippen molar-refractivity contribution in [2.75, 3.05) is 37.7 Å². The molecular formula is C16H27N5OS. The minimum atomic E-state index is -0.617. The Morgan fingerprint density at radius 2 is 2.48 bits per heavy atom. The van der Waals surface area contributed by atoms with Gasteiger partial charge in [0.2, 0.25) is 0 Å². The van der Waals surface area contributed by atoms with Gasteiger partial charge in [-0.05, 0) is 31.1 Å². The van der Waals surface area contributed by atoms with E-state index in [1.165, 1.54) is 5.56 Å². The Labute approximate surface area is 142 Å². The molecule has 7 heteroatoms. The summed E-state index contributed by atoms with van der Waals surface area (Å²) in [5.74, 6) is 3.28. The molecule has 6 nitrogen and oxygen atoms in total. The molecule has 0 aromatic carbocycles. The van der Waals surface area contributed by atoms with Gasteiger partial charge in [-0.15, -0.1) is 0 Å². The van der Waals surface area contributed by atoms with Gasteiger partial charge < -0.3 is 15.3 Å². The minimum Gasteiger partial charge on any atom is -0.387 e. The number of rotatable bonds is 4. The number of hydrogen-bond donors (Lipinski definition) is 2. The first-order valence-electron chi connectivity index (χ1n) is 8.41. The molecule has 3 rings (SSSR count). The van der Waals surface area contributed by atoms with Crippen molar-refractivity contribution in [1.29, 1.82) is 0 Å². The van der Waals surface area contributed by atoms with Gasteiger partial charge in [0.15, 0.2) is 5.96 Å². The summed E-state index contributed by atoms with van der Waals surface area (Å²) in [6, 6.07) is 0. The second-order valence-electron chi connectivity index (χ2n) is 6.58. The molecule has 0 radical (unpaired) electrons. The van der Waals surface area contributed by atoms with Crippen LogP contribution in [0.1, 0.15) is 31.2 Å². The van der Waals surface area contributed by atoms with Crippen molar-refractivity contribution >= 4 is 17.7 Å². The van der Waals surface area contributed by atoms with Crippen molar-refractivity contribution in [3.8, 4) is 0 Å². The number of aromatic nitrogens is 2. The van der Waals surface area contributed by atoms with E-state index in [1.54, 1.807) is 0 Å². The van der Waals surface area contributed by atoms with Crippen molar-refractivity contribution < 1.29 is 5.11 Å². The Morgan fingerprint density at radius 3 is 3.13 bits per heavy atom. The van der Waals surface area contributed by atoms with Crippen LogP contribution in [0.3, 0.4) is 0 Å². The maximum Gasteiger partial charge on any atom is 0.194 e. The minimum absolute atomic E-state index is 0.496. The van der Waals surface area contributed by atoms with Gasteiger partial charge in [0, 0.05) is 44.5 Å². The van der Waals surface area contributed by atoms with Crippen LogP contribution in [0.25, 0.3) is 0 Å². The number of aryl methyl sites for hydroxylation is 1. The molecule has 2 atom stereocenters. The summed E-state index contributed by atoms with van der Waals surface area (Å²) in [5.41, 5.74) is 0.685. The van der Waals surface area contributed by atoms with Crippen molar-refractivity contribution in [1.82, 2.24) is 20.0 Å². The van der Waals surface area contributed by atoms with Crippen LogP contribution >= 0.6 is 11.8 Å². The first kappa shape index (κ1) is 16.6. The van der Waals surface area contributed by atoms with E-state index in [9.17, 15) is 5.11 Å². The smallest absolute Gasteiger partial charge is 0.194 e. The zero-order valence-corrected chi connectivity index (χ0v) is 14.8. The summed E-state index contributed by atoms with van der Waals surface area (Å²) in [7, 11) is 1.96. The number of likely N-dealkylation sites (tertiary alicyclic amines) is 1. The molecule has 1 aromatic rings. The van der Waals surface area contributed by atoms with Crippen LogP contribution in [0.2, 0.25) is 0 Å². The van der Waals surface area contributed by atoms with Crippen LogP contribution in [0.5, 0.6) is 0 Å². The number of nitrogens with zero attached hydrogens (tertiary/aromatic N) is 4. The molecule has 2 saturated heterocycles. The van der Waals surface area contributed by atoms with E-state index in [4.69, 9.17) is 4.99 Å². The molecule has 2 fully saturated rings. The molecular weight excluding hydrogens is 310 g/mol. The van der Waals surface area contributed by atoms with Crippen molar-refractivity contribution in [3.63, 3.8) is 0 Å². The lowest BCUT2D eigenvalue weighted by atomic mass is 10.0. The summed E-state index contributed by atoms with van der Waals surface area (Å²) in [5, 5.41) is 18.2. The van der Waals surface area contributed by atoms with Gasteiger partial charge in [-0.1, -0.05) is 0 Å². The predicted molar refractivity (Wildman–Crippen MR) is 95.0 cm³/mol. The SMILES string of the molecule is CCNC(=NCC1(O)CCSC1)N1CCC(c2cnn(C)c2)C1. The average molecular weight is 337 g/mol. The van der Waals surface area contributed by atoms with E-state index in [0.717, 1.165) is 49.9 Å². The third-order valence-electron chi connectivity index (χ3n) is 4.62. The number of aliphatic hydroxyl groups is 1. The zero-order chi connectivity index (χ0) is 16.3. The lowest BCUT2D eigenvalue weighted by molar-refractivity contribution is 0.0776. The first-order valence-corrected chi connectivity index (χ1v) is 9.57. The molecule has 2 N–H and O–H groups in total. The largest absolute Gasteiger partial charge is 0.387 e. The molecule has 0 aliphatic carbocycles. The number of guanidine groups is 1. The highest BCUT2D eigenvalue weighted by Gasteiger charge is 2.32. The normalized spacial score (nSPS) is 28.6. The maximum absolute atomic E-state index is 10.5. The quantitative estimate of drug-likeness (QED) is 0.635. The van der Waals surface area contributed by atoms with Crippen LogP contribution in [-0.2, 0) is 7.05 Å². The molecule has 0 bridgehead atoms. The van der Waals surface area contributed by atoms with Crippen LogP contribution in [0.15, 0.2) is 17.4 Å². The third kappa shape index (κ3) is 4.01. The monoisotopic (exact) mass is 337 g/mol. The van der Waals surface area contributed by atoms with E-state index in [-0.39, 0.29) is 0 Å². The van der Waals surface area contributed by atoms with Gasteiger partial charge in [0.25, 0.3) is 0 Å². The fraction of sp³-hybridized carbons (Fsp3) is 0.750. The molecule has 0 spiro atoms. The Balaban J connectivity index is 1.64. The number of thioether (sulfide) groups is 1. The molecule has 23 heavy (non-hydrogen) atoms. The lowest BCUT2D eigenvalue weighted by Gasteiger charge is -2.24. The Kier molecular flexibility index (Phi) is 5.16. The lowest BCUT2D eigenvalue weighted by Crippen LogP contribution is -2.42. The highest BCUT2D eigenvalue weighted by molar-refractivity contribution is 7.99. The summed E-state index contributed by atoms with van der Waals surface area (Å²) >= 11 is 1.82. The highest BCUT2D eigenvalue weighted by Crippen LogP contribution is 2.29. The van der Waals surface area contributed by atoms with E-state index in [0.29, 0.717) is 12.5 Å². The van der Waals surface area contributed by atoms with Gasteiger partial charge in [0.05, 0.1) is 18.3 Å². The summed E-state index contributed by atoms with van der Waals surface area (Å²) in [6.07, 6.45) is 6.04. The molecule has 0 saturated carbocycles. The third-order valence-corrected chi connectivity index (χ3v) is 5.86. The molecule has 0 amide bonds. The molecule has 3 heterocycles. The topological polar surface area (TPSA) is 65.7 Å². The van der Waals surface area contributed by atoms with Crippen LogP contribution < -0.4 is 5.32 Å². The van der Waals surface area contributed by atoms with E-state index in [2.05, 4.69) is 28.4 Å². The molecule has 1 aromatic heterocycles. The first-order chi connectivity index (χ1) is 11.1. The molecule has 2 unspecified atom stereocenters. The molecule has 128 valence electrons. The van der Waals surface area contributed by atoms with E-state index >= 15 is 0 Å². The van der Waals surface area contributed by atoms with Gasteiger partial charge in [-0.3, -0.25) is 9.67 Å². The molecule has 2 aliphatic rings. The average Bonchev–Trinajstić information content (AvgIpc) is 3.24. The Bertz CT molecular complexity index is 552. The fourth-order valence-electron chi connectivity index (χ4n) is 3.24. The van der Waals surface area contributed by atoms with Crippen molar-refractivity contribution in [2.45, 2.75) is 31.3 Å². The summed E-state index contributed by atoms with van der Waals surface area (Å²) in [6.45, 7) is 5.39. The number of aliphatic imine (C=N–C) groups is 1. The predicted octanol–water partition coefficient (Wildman–Crippen LogP) is 1.04.